The summed E-state index contributed by atoms with van der Waals surface area (Å²) in [6, 6.07) is 0. The van der Waals surface area contributed by atoms with Crippen molar-refractivity contribution >= 4 is 6.15 Å². The van der Waals surface area contributed by atoms with Gasteiger partial charge in [0.05, 0.1) is 6.15 Å². The van der Waals surface area contributed by atoms with Crippen molar-refractivity contribution in [3.63, 3.8) is 0 Å². The van der Waals surface area contributed by atoms with Gasteiger partial charge in [-0.2, -0.15) is 24.9 Å². The lowest BCUT2D eigenvalue weighted by Crippen LogP contribution is -2.32. The van der Waals surface area contributed by atoms with Crippen LogP contribution in [0, 0.1) is 11.7 Å². The Morgan fingerprint density at radius 2 is 0.917 bits per heavy atom. The average Bonchev–Trinajstić information content (AvgIpc) is 2.60. The smallest absolute Gasteiger partial charge is 0.0708 e. The molecule has 0 aliphatic rings. The molecule has 1 heteroatoms. The van der Waals surface area contributed by atoms with Gasteiger partial charge in [-0.15, -0.1) is 0 Å². The Bertz CT molecular complexity index is 278. The third kappa shape index (κ3) is 13.0. The maximum absolute atomic E-state index is 3.88. The summed E-state index contributed by atoms with van der Waals surface area (Å²) in [4.78, 5) is 0. The van der Waals surface area contributed by atoms with Gasteiger partial charge in [0.25, 0.3) is 0 Å². The molecule has 142 valence electrons. The first-order valence-electron chi connectivity index (χ1n) is 11.4. The van der Waals surface area contributed by atoms with E-state index in [9.17, 15) is 0 Å². The van der Waals surface area contributed by atoms with Gasteiger partial charge in [-0.3, -0.25) is 0 Å². The minimum Gasteiger partial charge on any atom is -0.315 e. The molecule has 0 spiro atoms. The summed E-state index contributed by atoms with van der Waals surface area (Å²) >= 11 is 0. The van der Waals surface area contributed by atoms with Crippen LogP contribution in [0.25, 0.3) is 0 Å². The topological polar surface area (TPSA) is 0 Å². The molecule has 0 unspecified atom stereocenters. The fourth-order valence-electron chi connectivity index (χ4n) is 3.95. The van der Waals surface area contributed by atoms with Gasteiger partial charge < -0.3 is 5.82 Å². The molecule has 0 nitrogen and oxygen atoms in total. The SMILES string of the molecule is CCCC#C[B-](CCCCCC)(CCCCCC)CCCCCC. The zero-order chi connectivity index (χ0) is 17.9. The molecule has 0 saturated carbocycles. The Kier molecular flexibility index (Phi) is 17.2. The predicted molar refractivity (Wildman–Crippen MR) is 115 cm³/mol. The van der Waals surface area contributed by atoms with Crippen molar-refractivity contribution in [1.29, 1.82) is 0 Å². The van der Waals surface area contributed by atoms with Crippen LogP contribution in [0.3, 0.4) is 0 Å². The van der Waals surface area contributed by atoms with Crippen molar-refractivity contribution in [2.45, 2.75) is 137 Å². The maximum atomic E-state index is 3.88. The quantitative estimate of drug-likeness (QED) is 0.151. The van der Waals surface area contributed by atoms with Gasteiger partial charge in [-0.1, -0.05) is 105 Å². The summed E-state index contributed by atoms with van der Waals surface area (Å²) in [6.07, 6.45) is 22.8. The molecule has 0 bridgehead atoms. The second kappa shape index (κ2) is 17.4. The highest BCUT2D eigenvalue weighted by Crippen LogP contribution is 2.29. The Balaban J connectivity index is 4.76. The van der Waals surface area contributed by atoms with Crippen LogP contribution in [0.1, 0.15) is 118 Å². The van der Waals surface area contributed by atoms with Crippen LogP contribution in [0.15, 0.2) is 0 Å². The van der Waals surface area contributed by atoms with E-state index in [1.165, 1.54) is 102 Å². The van der Waals surface area contributed by atoms with Gasteiger partial charge in [0, 0.05) is 6.42 Å². The molecule has 0 aliphatic heterocycles. The lowest BCUT2D eigenvalue weighted by atomic mass is 9.19. The van der Waals surface area contributed by atoms with Crippen LogP contribution < -0.4 is 0 Å². The first-order valence-corrected chi connectivity index (χ1v) is 11.4. The number of hydrogen-bond acceptors (Lipinski definition) is 0. The highest BCUT2D eigenvalue weighted by Gasteiger charge is 2.21. The van der Waals surface area contributed by atoms with E-state index in [2.05, 4.69) is 39.4 Å². The second-order valence-corrected chi connectivity index (χ2v) is 8.10. The lowest BCUT2D eigenvalue weighted by Gasteiger charge is -2.35. The van der Waals surface area contributed by atoms with Crippen molar-refractivity contribution in [2.75, 3.05) is 0 Å². The van der Waals surface area contributed by atoms with E-state index >= 15 is 0 Å². The second-order valence-electron chi connectivity index (χ2n) is 8.10. The number of hydrogen-bond donors (Lipinski definition) is 0. The average molecular weight is 333 g/mol. The Labute approximate surface area is 154 Å². The normalized spacial score (nSPS) is 11.3. The number of rotatable bonds is 16. The zero-order valence-electron chi connectivity index (χ0n) is 17.6. The van der Waals surface area contributed by atoms with Gasteiger partial charge in [0.15, 0.2) is 0 Å². The molecule has 0 aliphatic carbocycles. The number of unbranched alkanes of at least 4 members (excludes halogenated alkanes) is 10. The Morgan fingerprint density at radius 1 is 0.500 bits per heavy atom. The van der Waals surface area contributed by atoms with Gasteiger partial charge >= 0.3 is 0 Å². The first-order chi connectivity index (χ1) is 11.7. The van der Waals surface area contributed by atoms with E-state index in [0.29, 0.717) is 0 Å². The van der Waals surface area contributed by atoms with Crippen LogP contribution >= 0.6 is 0 Å². The minimum atomic E-state index is -0.419. The molecule has 0 atom stereocenters. The zero-order valence-corrected chi connectivity index (χ0v) is 17.6. The summed E-state index contributed by atoms with van der Waals surface area (Å²) in [5.41, 5.74) is 0. The first kappa shape index (κ1) is 23.6. The standard InChI is InChI=1S/C23H46B/c1-5-9-13-17-21-24(20-16-12-8-4,22-18-14-10-6-2)23-19-15-11-7-3/h5-15,17-19,21-23H2,1-4H3/q-1. The third-order valence-corrected chi connectivity index (χ3v) is 5.61. The molecule has 0 radical (unpaired) electrons. The Hall–Kier alpha value is -0.375. The van der Waals surface area contributed by atoms with E-state index in [-0.39, 0.29) is 0 Å². The highest BCUT2D eigenvalue weighted by atomic mass is 14.0. The maximum Gasteiger partial charge on any atom is 0.0708 e. The molecule has 0 aromatic heterocycles. The van der Waals surface area contributed by atoms with E-state index in [1.54, 1.807) is 0 Å². The lowest BCUT2D eigenvalue weighted by molar-refractivity contribution is 0.668. The third-order valence-electron chi connectivity index (χ3n) is 5.61. The summed E-state index contributed by atoms with van der Waals surface area (Å²) < 4.78 is 0. The van der Waals surface area contributed by atoms with Crippen molar-refractivity contribution in [1.82, 2.24) is 0 Å². The molecule has 0 amide bonds. The largest absolute Gasteiger partial charge is 0.315 e. The summed E-state index contributed by atoms with van der Waals surface area (Å²) in [7, 11) is 0. The predicted octanol–water partition coefficient (Wildman–Crippen LogP) is 8.52. The monoisotopic (exact) mass is 333 g/mol. The van der Waals surface area contributed by atoms with Crippen LogP contribution in [-0.4, -0.2) is 6.15 Å². The molecular formula is C23H46B-. The summed E-state index contributed by atoms with van der Waals surface area (Å²) in [5, 5.41) is 0. The molecule has 0 aromatic rings. The Morgan fingerprint density at radius 3 is 1.25 bits per heavy atom. The van der Waals surface area contributed by atoms with Crippen molar-refractivity contribution in [2.24, 2.45) is 0 Å². The van der Waals surface area contributed by atoms with Crippen LogP contribution in [0.4, 0.5) is 0 Å². The molecule has 0 aromatic carbocycles. The highest BCUT2D eigenvalue weighted by molar-refractivity contribution is 6.87. The van der Waals surface area contributed by atoms with Crippen LogP contribution in [0.2, 0.25) is 19.0 Å². The van der Waals surface area contributed by atoms with Crippen molar-refractivity contribution in [3.8, 4) is 11.7 Å². The van der Waals surface area contributed by atoms with Crippen molar-refractivity contribution < 1.29 is 0 Å². The van der Waals surface area contributed by atoms with Gasteiger partial charge in [0.1, 0.15) is 0 Å². The van der Waals surface area contributed by atoms with E-state index in [4.69, 9.17) is 0 Å². The molecule has 0 rings (SSSR count). The molecule has 24 heavy (non-hydrogen) atoms. The fraction of sp³-hybridized carbons (Fsp3) is 0.913. The van der Waals surface area contributed by atoms with E-state index in [0.717, 1.165) is 6.42 Å². The molecule has 0 fully saturated rings. The van der Waals surface area contributed by atoms with E-state index in [1.807, 2.05) is 0 Å². The molecule has 0 heterocycles. The van der Waals surface area contributed by atoms with E-state index < -0.39 is 6.15 Å². The van der Waals surface area contributed by atoms with Gasteiger partial charge in [-0.05, 0) is 6.42 Å². The summed E-state index contributed by atoms with van der Waals surface area (Å²) in [5.74, 6) is 7.45. The van der Waals surface area contributed by atoms with Crippen LogP contribution in [-0.2, 0) is 0 Å². The fourth-order valence-corrected chi connectivity index (χ4v) is 3.95. The van der Waals surface area contributed by atoms with Crippen molar-refractivity contribution in [3.05, 3.63) is 0 Å². The summed E-state index contributed by atoms with van der Waals surface area (Å²) in [6.45, 7) is 9.20. The molecule has 0 N–H and O–H groups in total. The van der Waals surface area contributed by atoms with Gasteiger partial charge in [0.2, 0.25) is 0 Å². The molecule has 0 saturated heterocycles. The molecular weight excluding hydrogens is 287 g/mol. The van der Waals surface area contributed by atoms with Gasteiger partial charge in [-0.25, -0.2) is 0 Å². The minimum absolute atomic E-state index is 0.419. The van der Waals surface area contributed by atoms with Crippen LogP contribution in [0.5, 0.6) is 0 Å².